The van der Waals surface area contributed by atoms with Crippen molar-refractivity contribution in [1.29, 1.82) is 0 Å². The lowest BCUT2D eigenvalue weighted by Gasteiger charge is -2.20. The second-order valence-electron chi connectivity index (χ2n) is 6.56. The molecule has 1 aromatic rings. The van der Waals surface area contributed by atoms with Crippen LogP contribution in [0.4, 0.5) is 0 Å². The number of hydrogen-bond donors (Lipinski definition) is 3. The third kappa shape index (κ3) is 7.13. The minimum atomic E-state index is -0.0361. The van der Waals surface area contributed by atoms with Crippen molar-refractivity contribution in [2.24, 2.45) is 0 Å². The molecule has 5 heteroatoms. The molecule has 0 heterocycles. The fraction of sp³-hybridized carbons (Fsp3) is 0.579. The zero-order valence-electron chi connectivity index (χ0n) is 15.6. The minimum absolute atomic E-state index is 0.0159. The highest BCUT2D eigenvalue weighted by Crippen LogP contribution is 2.13. The SMILES string of the molecule is CCc1ccc([C@@H](C)NC(=O)C[NH+](CC)CC(=O)NC(C)C)cc1. The molecule has 0 bridgehead atoms. The van der Waals surface area contributed by atoms with Crippen LogP contribution in [0.1, 0.15) is 51.8 Å². The average molecular weight is 334 g/mol. The molecule has 0 radical (unpaired) electrons. The molecule has 0 fully saturated rings. The molecule has 24 heavy (non-hydrogen) atoms. The smallest absolute Gasteiger partial charge is 0.275 e. The standard InChI is InChI=1S/C19H31N3O2/c1-6-16-8-10-17(11-9-16)15(5)21-19(24)13-22(7-2)12-18(23)20-14(3)4/h8-11,14-15H,6-7,12-13H2,1-5H3,(H,20,23)(H,21,24)/p+1/t15-/m1/s1. The van der Waals surface area contributed by atoms with Gasteiger partial charge in [-0.25, -0.2) is 0 Å². The summed E-state index contributed by atoms with van der Waals surface area (Å²) in [6.45, 7) is 11.3. The van der Waals surface area contributed by atoms with Gasteiger partial charge in [0.15, 0.2) is 13.1 Å². The Kier molecular flexibility index (Phi) is 8.47. The third-order valence-corrected chi connectivity index (χ3v) is 4.04. The van der Waals surface area contributed by atoms with Gasteiger partial charge in [0.05, 0.1) is 12.6 Å². The van der Waals surface area contributed by atoms with Gasteiger partial charge >= 0.3 is 0 Å². The molecule has 0 aliphatic carbocycles. The fourth-order valence-corrected chi connectivity index (χ4v) is 2.56. The van der Waals surface area contributed by atoms with Gasteiger partial charge in [0.1, 0.15) is 0 Å². The molecule has 134 valence electrons. The summed E-state index contributed by atoms with van der Waals surface area (Å²) in [7, 11) is 0. The van der Waals surface area contributed by atoms with E-state index in [2.05, 4.69) is 41.8 Å². The number of rotatable bonds is 9. The van der Waals surface area contributed by atoms with E-state index in [4.69, 9.17) is 0 Å². The number of carbonyl (C=O) groups is 2. The summed E-state index contributed by atoms with van der Waals surface area (Å²) in [5.41, 5.74) is 2.38. The first-order chi connectivity index (χ1) is 11.3. The van der Waals surface area contributed by atoms with Gasteiger partial charge in [0, 0.05) is 6.04 Å². The third-order valence-electron chi connectivity index (χ3n) is 4.04. The highest BCUT2D eigenvalue weighted by atomic mass is 16.2. The maximum atomic E-state index is 12.3. The maximum Gasteiger partial charge on any atom is 0.275 e. The minimum Gasteiger partial charge on any atom is -0.349 e. The topological polar surface area (TPSA) is 62.6 Å². The van der Waals surface area contributed by atoms with E-state index in [0.29, 0.717) is 13.1 Å². The van der Waals surface area contributed by atoms with E-state index in [0.717, 1.165) is 23.4 Å². The van der Waals surface area contributed by atoms with Crippen LogP contribution in [-0.2, 0) is 16.0 Å². The first kappa shape index (κ1) is 20.2. The summed E-state index contributed by atoms with van der Waals surface area (Å²) >= 11 is 0. The number of amides is 2. The molecular weight excluding hydrogens is 302 g/mol. The van der Waals surface area contributed by atoms with Gasteiger partial charge in [0.25, 0.3) is 11.8 Å². The number of benzene rings is 1. The van der Waals surface area contributed by atoms with Crippen molar-refractivity contribution in [1.82, 2.24) is 10.6 Å². The average Bonchev–Trinajstić information content (AvgIpc) is 2.53. The van der Waals surface area contributed by atoms with Crippen molar-refractivity contribution in [3.8, 4) is 0 Å². The van der Waals surface area contributed by atoms with Crippen LogP contribution in [0.3, 0.4) is 0 Å². The van der Waals surface area contributed by atoms with Crippen LogP contribution in [0.15, 0.2) is 24.3 Å². The number of quaternary nitrogens is 1. The maximum absolute atomic E-state index is 12.3. The van der Waals surface area contributed by atoms with Gasteiger partial charge in [0.2, 0.25) is 0 Å². The van der Waals surface area contributed by atoms with Crippen LogP contribution in [0, 0.1) is 0 Å². The molecule has 0 aliphatic heterocycles. The van der Waals surface area contributed by atoms with Crippen LogP contribution in [0.2, 0.25) is 0 Å². The number of aryl methyl sites for hydroxylation is 1. The Labute approximate surface area is 145 Å². The fourth-order valence-electron chi connectivity index (χ4n) is 2.56. The van der Waals surface area contributed by atoms with Crippen molar-refractivity contribution in [2.45, 2.75) is 53.1 Å². The van der Waals surface area contributed by atoms with Crippen molar-refractivity contribution in [2.75, 3.05) is 19.6 Å². The van der Waals surface area contributed by atoms with Gasteiger partial charge in [-0.15, -0.1) is 0 Å². The number of hydrogen-bond acceptors (Lipinski definition) is 2. The zero-order chi connectivity index (χ0) is 18.1. The molecule has 0 spiro atoms. The van der Waals surface area contributed by atoms with Crippen molar-refractivity contribution < 1.29 is 14.5 Å². The first-order valence-electron chi connectivity index (χ1n) is 8.86. The summed E-state index contributed by atoms with van der Waals surface area (Å²) in [6, 6.07) is 8.39. The van der Waals surface area contributed by atoms with Crippen LogP contribution >= 0.6 is 0 Å². The Morgan fingerprint density at radius 3 is 1.96 bits per heavy atom. The first-order valence-corrected chi connectivity index (χ1v) is 8.86. The molecule has 1 aromatic carbocycles. The quantitative estimate of drug-likeness (QED) is 0.627. The molecule has 1 unspecified atom stereocenters. The molecule has 2 amide bonds. The number of nitrogens with one attached hydrogen (secondary N) is 3. The van der Waals surface area contributed by atoms with E-state index in [-0.39, 0.29) is 23.9 Å². The predicted octanol–water partition coefficient (Wildman–Crippen LogP) is 0.856. The van der Waals surface area contributed by atoms with E-state index in [9.17, 15) is 9.59 Å². The molecule has 0 saturated carbocycles. The van der Waals surface area contributed by atoms with Crippen LogP contribution in [0.25, 0.3) is 0 Å². The Bertz CT molecular complexity index is 526. The number of likely N-dealkylation sites (N-methyl/N-ethyl adjacent to an activating group) is 1. The summed E-state index contributed by atoms with van der Waals surface area (Å²) in [5.74, 6) is -0.0471. The molecule has 0 aliphatic rings. The van der Waals surface area contributed by atoms with Crippen molar-refractivity contribution in [3.63, 3.8) is 0 Å². The van der Waals surface area contributed by atoms with E-state index in [1.807, 2.05) is 27.7 Å². The Morgan fingerprint density at radius 2 is 1.50 bits per heavy atom. The highest BCUT2D eigenvalue weighted by molar-refractivity contribution is 5.79. The van der Waals surface area contributed by atoms with Gasteiger partial charge in [-0.3, -0.25) is 9.59 Å². The highest BCUT2D eigenvalue weighted by Gasteiger charge is 2.18. The second kappa shape index (κ2) is 10.1. The van der Waals surface area contributed by atoms with E-state index < -0.39 is 0 Å². The molecule has 1 rings (SSSR count). The monoisotopic (exact) mass is 334 g/mol. The second-order valence-corrected chi connectivity index (χ2v) is 6.56. The summed E-state index contributed by atoms with van der Waals surface area (Å²) in [4.78, 5) is 25.1. The van der Waals surface area contributed by atoms with Crippen molar-refractivity contribution >= 4 is 11.8 Å². The van der Waals surface area contributed by atoms with E-state index >= 15 is 0 Å². The van der Waals surface area contributed by atoms with Gasteiger partial charge in [-0.1, -0.05) is 31.2 Å². The molecule has 2 atom stereocenters. The molecular formula is C19H32N3O2+. The number of carbonyl (C=O) groups excluding carboxylic acids is 2. The Morgan fingerprint density at radius 1 is 0.958 bits per heavy atom. The molecule has 0 aromatic heterocycles. The van der Waals surface area contributed by atoms with Gasteiger partial charge in [-0.05, 0) is 45.2 Å². The van der Waals surface area contributed by atoms with Crippen LogP contribution in [-0.4, -0.2) is 37.5 Å². The summed E-state index contributed by atoms with van der Waals surface area (Å²) in [5, 5.41) is 5.89. The largest absolute Gasteiger partial charge is 0.349 e. The van der Waals surface area contributed by atoms with Gasteiger partial charge in [-0.2, -0.15) is 0 Å². The zero-order valence-corrected chi connectivity index (χ0v) is 15.6. The molecule has 0 saturated heterocycles. The lowest BCUT2D eigenvalue weighted by atomic mass is 10.1. The Balaban J connectivity index is 2.51. The summed E-state index contributed by atoms with van der Waals surface area (Å²) < 4.78 is 0. The van der Waals surface area contributed by atoms with E-state index in [1.54, 1.807) is 0 Å². The van der Waals surface area contributed by atoms with E-state index in [1.165, 1.54) is 5.56 Å². The summed E-state index contributed by atoms with van der Waals surface area (Å²) in [6.07, 6.45) is 1.01. The molecule has 5 nitrogen and oxygen atoms in total. The Hall–Kier alpha value is -1.88. The van der Waals surface area contributed by atoms with Crippen LogP contribution < -0.4 is 15.5 Å². The lowest BCUT2D eigenvalue weighted by Crippen LogP contribution is -3.14. The van der Waals surface area contributed by atoms with Crippen LogP contribution in [0.5, 0.6) is 0 Å². The normalized spacial score (nSPS) is 13.4. The van der Waals surface area contributed by atoms with Gasteiger partial charge < -0.3 is 15.5 Å². The molecule has 3 N–H and O–H groups in total. The lowest BCUT2D eigenvalue weighted by molar-refractivity contribution is -0.881. The predicted molar refractivity (Wildman–Crippen MR) is 96.9 cm³/mol. The van der Waals surface area contributed by atoms with Crippen molar-refractivity contribution in [3.05, 3.63) is 35.4 Å².